The number of rotatable bonds is 3. The SMILES string of the molecule is CC[C@H](NC(=O)N1Cc2ccccc2C1)C(=O)O. The lowest BCUT2D eigenvalue weighted by molar-refractivity contribution is -0.139. The molecule has 96 valence electrons. The summed E-state index contributed by atoms with van der Waals surface area (Å²) in [6, 6.07) is 6.70. The highest BCUT2D eigenvalue weighted by Gasteiger charge is 2.26. The van der Waals surface area contributed by atoms with Gasteiger partial charge in [0, 0.05) is 13.1 Å². The first kappa shape index (κ1) is 12.4. The van der Waals surface area contributed by atoms with E-state index in [9.17, 15) is 9.59 Å². The molecular formula is C13H16N2O3. The van der Waals surface area contributed by atoms with Gasteiger partial charge in [-0.3, -0.25) is 0 Å². The van der Waals surface area contributed by atoms with Crippen molar-refractivity contribution in [1.29, 1.82) is 0 Å². The summed E-state index contributed by atoms with van der Waals surface area (Å²) >= 11 is 0. The maximum Gasteiger partial charge on any atom is 0.326 e. The lowest BCUT2D eigenvalue weighted by atomic mass is 10.1. The Morgan fingerprint density at radius 1 is 1.33 bits per heavy atom. The van der Waals surface area contributed by atoms with Gasteiger partial charge in [-0.2, -0.15) is 0 Å². The van der Waals surface area contributed by atoms with E-state index in [4.69, 9.17) is 5.11 Å². The highest BCUT2D eigenvalue weighted by atomic mass is 16.4. The van der Waals surface area contributed by atoms with E-state index < -0.39 is 12.0 Å². The second-order valence-corrected chi connectivity index (χ2v) is 4.37. The van der Waals surface area contributed by atoms with Crippen LogP contribution in [0.2, 0.25) is 0 Å². The number of carboxylic acids is 1. The van der Waals surface area contributed by atoms with E-state index in [1.165, 1.54) is 0 Å². The number of amides is 2. The average Bonchev–Trinajstić information content (AvgIpc) is 2.79. The van der Waals surface area contributed by atoms with Crippen LogP contribution >= 0.6 is 0 Å². The van der Waals surface area contributed by atoms with Crippen LogP contribution in [0.3, 0.4) is 0 Å². The molecule has 5 nitrogen and oxygen atoms in total. The van der Waals surface area contributed by atoms with Gasteiger partial charge in [0.05, 0.1) is 0 Å². The van der Waals surface area contributed by atoms with Gasteiger partial charge in [-0.15, -0.1) is 0 Å². The van der Waals surface area contributed by atoms with Gasteiger partial charge in [0.1, 0.15) is 6.04 Å². The van der Waals surface area contributed by atoms with E-state index in [1.54, 1.807) is 11.8 Å². The number of hydrogen-bond acceptors (Lipinski definition) is 2. The summed E-state index contributed by atoms with van der Waals surface area (Å²) in [5.41, 5.74) is 2.24. The molecule has 0 aliphatic carbocycles. The minimum Gasteiger partial charge on any atom is -0.480 e. The number of carbonyl (C=O) groups excluding carboxylic acids is 1. The van der Waals surface area contributed by atoms with E-state index in [0.717, 1.165) is 11.1 Å². The first-order valence-electron chi connectivity index (χ1n) is 5.97. The van der Waals surface area contributed by atoms with E-state index in [0.29, 0.717) is 19.5 Å². The van der Waals surface area contributed by atoms with Gasteiger partial charge in [0.2, 0.25) is 0 Å². The molecule has 2 N–H and O–H groups in total. The monoisotopic (exact) mass is 248 g/mol. The largest absolute Gasteiger partial charge is 0.480 e. The number of hydrogen-bond donors (Lipinski definition) is 2. The van der Waals surface area contributed by atoms with Crippen LogP contribution in [0, 0.1) is 0 Å². The minimum atomic E-state index is -0.998. The van der Waals surface area contributed by atoms with E-state index in [-0.39, 0.29) is 6.03 Å². The van der Waals surface area contributed by atoms with Crippen molar-refractivity contribution >= 4 is 12.0 Å². The van der Waals surface area contributed by atoms with Crippen molar-refractivity contribution in [2.45, 2.75) is 32.5 Å². The molecule has 0 unspecified atom stereocenters. The molecule has 2 amide bonds. The second-order valence-electron chi connectivity index (χ2n) is 4.37. The number of nitrogens with one attached hydrogen (secondary N) is 1. The van der Waals surface area contributed by atoms with Crippen LogP contribution in [0.15, 0.2) is 24.3 Å². The molecule has 0 fully saturated rings. The zero-order valence-corrected chi connectivity index (χ0v) is 10.2. The van der Waals surface area contributed by atoms with Crippen molar-refractivity contribution in [3.63, 3.8) is 0 Å². The summed E-state index contributed by atoms with van der Waals surface area (Å²) < 4.78 is 0. The van der Waals surface area contributed by atoms with Gasteiger partial charge >= 0.3 is 12.0 Å². The molecule has 1 atom stereocenters. The average molecular weight is 248 g/mol. The quantitative estimate of drug-likeness (QED) is 0.853. The lowest BCUT2D eigenvalue weighted by Crippen LogP contribution is -2.45. The molecule has 2 rings (SSSR count). The third-order valence-corrected chi connectivity index (χ3v) is 3.13. The highest BCUT2D eigenvalue weighted by Crippen LogP contribution is 2.22. The molecular weight excluding hydrogens is 232 g/mol. The number of urea groups is 1. The number of carboxylic acid groups (broad SMARTS) is 1. The van der Waals surface area contributed by atoms with Crippen molar-refractivity contribution in [1.82, 2.24) is 10.2 Å². The van der Waals surface area contributed by atoms with Crippen molar-refractivity contribution < 1.29 is 14.7 Å². The fourth-order valence-electron chi connectivity index (χ4n) is 2.06. The molecule has 1 aliphatic rings. The van der Waals surface area contributed by atoms with Crippen LogP contribution in [-0.4, -0.2) is 28.0 Å². The Hall–Kier alpha value is -2.04. The van der Waals surface area contributed by atoms with Gasteiger partial charge in [0.15, 0.2) is 0 Å². The summed E-state index contributed by atoms with van der Waals surface area (Å²) in [5, 5.41) is 11.4. The summed E-state index contributed by atoms with van der Waals surface area (Å²) in [4.78, 5) is 24.4. The predicted octanol–water partition coefficient (Wildman–Crippen LogP) is 1.58. The molecule has 1 heterocycles. The first-order valence-corrected chi connectivity index (χ1v) is 5.97. The van der Waals surface area contributed by atoms with Crippen LogP contribution in [-0.2, 0) is 17.9 Å². The number of fused-ring (bicyclic) bond motifs is 1. The Balaban J connectivity index is 1.99. The van der Waals surface area contributed by atoms with Crippen LogP contribution in [0.4, 0.5) is 4.79 Å². The molecule has 0 aromatic heterocycles. The summed E-state index contributed by atoms with van der Waals surface area (Å²) in [7, 11) is 0. The Morgan fingerprint density at radius 3 is 2.33 bits per heavy atom. The van der Waals surface area contributed by atoms with Crippen molar-refractivity contribution in [2.75, 3.05) is 0 Å². The van der Waals surface area contributed by atoms with Crippen LogP contribution in [0.25, 0.3) is 0 Å². The summed E-state index contributed by atoms with van der Waals surface area (Å²) in [5.74, 6) is -0.998. The van der Waals surface area contributed by atoms with Crippen molar-refractivity contribution in [3.8, 4) is 0 Å². The Morgan fingerprint density at radius 2 is 1.89 bits per heavy atom. The highest BCUT2D eigenvalue weighted by molar-refractivity contribution is 5.82. The predicted molar refractivity (Wildman–Crippen MR) is 65.9 cm³/mol. The molecule has 18 heavy (non-hydrogen) atoms. The molecule has 0 bridgehead atoms. The third-order valence-electron chi connectivity index (χ3n) is 3.13. The molecule has 1 aromatic carbocycles. The molecule has 5 heteroatoms. The Labute approximate surface area is 105 Å². The zero-order valence-electron chi connectivity index (χ0n) is 10.2. The molecule has 0 saturated carbocycles. The van der Waals surface area contributed by atoms with Gasteiger partial charge in [-0.25, -0.2) is 9.59 Å². The Kier molecular flexibility index (Phi) is 3.50. The fourth-order valence-corrected chi connectivity index (χ4v) is 2.06. The number of nitrogens with zero attached hydrogens (tertiary/aromatic N) is 1. The van der Waals surface area contributed by atoms with Crippen LogP contribution < -0.4 is 5.32 Å². The first-order chi connectivity index (χ1) is 8.61. The summed E-state index contributed by atoms with van der Waals surface area (Å²) in [6.45, 7) is 2.81. The molecule has 1 aromatic rings. The second kappa shape index (κ2) is 5.08. The fraction of sp³-hybridized carbons (Fsp3) is 0.385. The van der Waals surface area contributed by atoms with Crippen molar-refractivity contribution in [3.05, 3.63) is 35.4 Å². The van der Waals surface area contributed by atoms with E-state index in [1.807, 2.05) is 24.3 Å². The van der Waals surface area contributed by atoms with E-state index in [2.05, 4.69) is 5.32 Å². The number of carbonyl (C=O) groups is 2. The topological polar surface area (TPSA) is 69.6 Å². The van der Waals surface area contributed by atoms with Crippen molar-refractivity contribution in [2.24, 2.45) is 0 Å². The summed E-state index contributed by atoms with van der Waals surface area (Å²) in [6.07, 6.45) is 0.377. The molecule has 0 spiro atoms. The zero-order chi connectivity index (χ0) is 13.1. The van der Waals surface area contributed by atoms with Crippen LogP contribution in [0.1, 0.15) is 24.5 Å². The standard InChI is InChI=1S/C13H16N2O3/c1-2-11(12(16)17)14-13(18)15-7-9-5-3-4-6-10(9)8-15/h3-6,11H,2,7-8H2,1H3,(H,14,18)(H,16,17)/t11-/m0/s1. The molecule has 0 radical (unpaired) electrons. The van der Waals surface area contributed by atoms with Gasteiger partial charge in [-0.05, 0) is 17.5 Å². The van der Waals surface area contributed by atoms with Gasteiger partial charge < -0.3 is 15.3 Å². The van der Waals surface area contributed by atoms with Crippen LogP contribution in [0.5, 0.6) is 0 Å². The smallest absolute Gasteiger partial charge is 0.326 e. The maximum atomic E-state index is 11.9. The molecule has 1 aliphatic heterocycles. The number of aliphatic carboxylic acids is 1. The molecule has 0 saturated heterocycles. The van der Waals surface area contributed by atoms with E-state index >= 15 is 0 Å². The Bertz CT molecular complexity index is 448. The third kappa shape index (κ3) is 2.45. The van der Waals surface area contributed by atoms with Gasteiger partial charge in [-0.1, -0.05) is 31.2 Å². The van der Waals surface area contributed by atoms with Gasteiger partial charge in [0.25, 0.3) is 0 Å². The maximum absolute atomic E-state index is 11.9. The lowest BCUT2D eigenvalue weighted by Gasteiger charge is -2.19. The normalized spacial score (nSPS) is 15.1. The number of benzene rings is 1. The minimum absolute atomic E-state index is 0.319.